The molecule has 1 aliphatic heterocycles. The molecule has 1 spiro atoms. The van der Waals surface area contributed by atoms with Crippen molar-refractivity contribution in [2.24, 2.45) is 11.8 Å². The molecule has 1 N–H and O–H groups in total. The van der Waals surface area contributed by atoms with Crippen LogP contribution >= 0.6 is 0 Å². The second-order valence-electron chi connectivity index (χ2n) is 8.16. The molecule has 0 aromatic carbocycles. The molecule has 2 aliphatic carbocycles. The third-order valence-corrected chi connectivity index (χ3v) is 6.29. The van der Waals surface area contributed by atoms with Crippen LogP contribution in [-0.2, 0) is 4.74 Å². The van der Waals surface area contributed by atoms with Gasteiger partial charge in [-0.15, -0.1) is 0 Å². The minimum Gasteiger partial charge on any atom is -0.375 e. The predicted molar refractivity (Wildman–Crippen MR) is 88.5 cm³/mol. The molecule has 21 heavy (non-hydrogen) atoms. The fraction of sp³-hybridized carbons (Fsp3) is 1.00. The molecular formula is C19H35NO. The summed E-state index contributed by atoms with van der Waals surface area (Å²) in [5.74, 6) is 1.96. The van der Waals surface area contributed by atoms with E-state index in [9.17, 15) is 0 Å². The van der Waals surface area contributed by atoms with E-state index in [4.69, 9.17) is 4.74 Å². The van der Waals surface area contributed by atoms with Crippen LogP contribution in [0.1, 0.15) is 84.0 Å². The van der Waals surface area contributed by atoms with Gasteiger partial charge in [-0.2, -0.15) is 0 Å². The molecule has 3 fully saturated rings. The maximum Gasteiger partial charge on any atom is 0.0697 e. The van der Waals surface area contributed by atoms with Crippen LogP contribution in [0.4, 0.5) is 0 Å². The first-order chi connectivity index (χ1) is 10.3. The molecule has 2 heteroatoms. The highest BCUT2D eigenvalue weighted by Crippen LogP contribution is 2.38. The molecule has 3 aliphatic rings. The molecule has 3 rings (SSSR count). The van der Waals surface area contributed by atoms with Crippen molar-refractivity contribution < 1.29 is 4.74 Å². The average molecular weight is 293 g/mol. The van der Waals surface area contributed by atoms with Gasteiger partial charge >= 0.3 is 0 Å². The maximum absolute atomic E-state index is 6.21. The van der Waals surface area contributed by atoms with Crippen LogP contribution in [0.15, 0.2) is 0 Å². The molecule has 1 heterocycles. The second kappa shape index (κ2) is 7.46. The summed E-state index contributed by atoms with van der Waals surface area (Å²) in [4.78, 5) is 0. The van der Waals surface area contributed by atoms with Crippen LogP contribution in [0.5, 0.6) is 0 Å². The minimum absolute atomic E-state index is 0.257. The molecule has 2 saturated carbocycles. The molecule has 0 aromatic heterocycles. The molecule has 3 unspecified atom stereocenters. The number of hydrogen-bond donors (Lipinski definition) is 1. The highest BCUT2D eigenvalue weighted by Gasteiger charge is 2.38. The van der Waals surface area contributed by atoms with Crippen molar-refractivity contribution >= 4 is 0 Å². The van der Waals surface area contributed by atoms with E-state index in [-0.39, 0.29) is 5.60 Å². The van der Waals surface area contributed by atoms with E-state index in [2.05, 4.69) is 12.2 Å². The Balaban J connectivity index is 1.38. The number of nitrogens with one attached hydrogen (secondary N) is 1. The predicted octanol–water partition coefficient (Wildman–Crippen LogP) is 4.67. The fourth-order valence-corrected chi connectivity index (χ4v) is 5.06. The number of rotatable bonds is 4. The Labute approximate surface area is 131 Å². The molecule has 122 valence electrons. The van der Waals surface area contributed by atoms with Gasteiger partial charge in [0.05, 0.1) is 5.60 Å². The van der Waals surface area contributed by atoms with Crippen molar-refractivity contribution in [1.82, 2.24) is 5.32 Å². The third-order valence-electron chi connectivity index (χ3n) is 6.29. The van der Waals surface area contributed by atoms with Gasteiger partial charge in [-0.3, -0.25) is 0 Å². The first-order valence-corrected chi connectivity index (χ1v) is 9.63. The molecule has 0 bridgehead atoms. The monoisotopic (exact) mass is 293 g/mol. The van der Waals surface area contributed by atoms with Gasteiger partial charge in [0.25, 0.3) is 0 Å². The summed E-state index contributed by atoms with van der Waals surface area (Å²) in [7, 11) is 0. The second-order valence-corrected chi connectivity index (χ2v) is 8.16. The van der Waals surface area contributed by atoms with Crippen molar-refractivity contribution in [3.05, 3.63) is 0 Å². The van der Waals surface area contributed by atoms with Crippen LogP contribution < -0.4 is 5.32 Å². The first kappa shape index (κ1) is 15.8. The van der Waals surface area contributed by atoms with Crippen LogP contribution in [-0.4, -0.2) is 24.8 Å². The summed E-state index contributed by atoms with van der Waals surface area (Å²) in [6.07, 6.45) is 16.6. The Kier molecular flexibility index (Phi) is 5.61. The molecule has 0 radical (unpaired) electrons. The Morgan fingerprint density at radius 1 is 1.05 bits per heavy atom. The lowest BCUT2D eigenvalue weighted by atomic mass is 9.78. The quantitative estimate of drug-likeness (QED) is 0.813. The van der Waals surface area contributed by atoms with Gasteiger partial charge in [-0.1, -0.05) is 45.4 Å². The van der Waals surface area contributed by atoms with Crippen molar-refractivity contribution in [3.63, 3.8) is 0 Å². The molecule has 0 amide bonds. The first-order valence-electron chi connectivity index (χ1n) is 9.63. The van der Waals surface area contributed by atoms with Crippen LogP contribution in [0.25, 0.3) is 0 Å². The van der Waals surface area contributed by atoms with Crippen molar-refractivity contribution in [1.29, 1.82) is 0 Å². The molecule has 3 atom stereocenters. The van der Waals surface area contributed by atoms with Crippen molar-refractivity contribution in [2.75, 3.05) is 13.2 Å². The summed E-state index contributed by atoms with van der Waals surface area (Å²) in [6, 6.07) is 0.720. The summed E-state index contributed by atoms with van der Waals surface area (Å²) in [6.45, 7) is 4.65. The lowest BCUT2D eigenvalue weighted by molar-refractivity contribution is -0.109. The number of hydrogen-bond acceptors (Lipinski definition) is 2. The zero-order valence-electron chi connectivity index (χ0n) is 14.0. The van der Waals surface area contributed by atoms with Crippen molar-refractivity contribution in [3.8, 4) is 0 Å². The highest BCUT2D eigenvalue weighted by molar-refractivity contribution is 4.92. The summed E-state index contributed by atoms with van der Waals surface area (Å²) < 4.78 is 6.21. The van der Waals surface area contributed by atoms with E-state index in [0.29, 0.717) is 0 Å². The van der Waals surface area contributed by atoms with Gasteiger partial charge in [0, 0.05) is 12.6 Å². The normalized spacial score (nSPS) is 36.7. The Morgan fingerprint density at radius 3 is 2.71 bits per heavy atom. The van der Waals surface area contributed by atoms with Gasteiger partial charge in [-0.25, -0.2) is 0 Å². The van der Waals surface area contributed by atoms with Gasteiger partial charge in [0.2, 0.25) is 0 Å². The Morgan fingerprint density at radius 2 is 1.90 bits per heavy atom. The fourth-order valence-electron chi connectivity index (χ4n) is 5.06. The Bertz CT molecular complexity index is 305. The zero-order chi connectivity index (χ0) is 14.5. The van der Waals surface area contributed by atoms with Crippen LogP contribution in [0, 0.1) is 11.8 Å². The summed E-state index contributed by atoms with van der Waals surface area (Å²) in [5.41, 5.74) is 0.257. The molecule has 2 nitrogen and oxygen atoms in total. The molecular weight excluding hydrogens is 258 g/mol. The van der Waals surface area contributed by atoms with E-state index >= 15 is 0 Å². The Hall–Kier alpha value is -0.0800. The van der Waals surface area contributed by atoms with E-state index in [1.807, 2.05) is 0 Å². The van der Waals surface area contributed by atoms with E-state index in [1.54, 1.807) is 0 Å². The molecule has 0 aromatic rings. The van der Waals surface area contributed by atoms with Gasteiger partial charge in [0.1, 0.15) is 0 Å². The average Bonchev–Trinajstić information content (AvgIpc) is 2.48. The van der Waals surface area contributed by atoms with Crippen LogP contribution in [0.2, 0.25) is 0 Å². The van der Waals surface area contributed by atoms with Crippen LogP contribution in [0.3, 0.4) is 0 Å². The number of ether oxygens (including phenoxy) is 1. The van der Waals surface area contributed by atoms with Gasteiger partial charge in [-0.05, 0) is 56.9 Å². The smallest absolute Gasteiger partial charge is 0.0697 e. The summed E-state index contributed by atoms with van der Waals surface area (Å²) in [5, 5.41) is 3.88. The standard InChI is InChI=1S/C19H35NO/c1-16-6-5-7-17(14-16)8-12-20-18-9-13-21-19(15-18)10-3-2-4-11-19/h16-18,20H,2-15H2,1H3. The van der Waals surface area contributed by atoms with Crippen molar-refractivity contribution in [2.45, 2.75) is 95.6 Å². The third kappa shape index (κ3) is 4.45. The largest absolute Gasteiger partial charge is 0.375 e. The molecule has 1 saturated heterocycles. The van der Waals surface area contributed by atoms with E-state index in [1.165, 1.54) is 83.6 Å². The topological polar surface area (TPSA) is 21.3 Å². The highest BCUT2D eigenvalue weighted by atomic mass is 16.5. The summed E-state index contributed by atoms with van der Waals surface area (Å²) >= 11 is 0. The lowest BCUT2D eigenvalue weighted by Crippen LogP contribution is -2.48. The lowest BCUT2D eigenvalue weighted by Gasteiger charge is -2.44. The minimum atomic E-state index is 0.257. The van der Waals surface area contributed by atoms with Gasteiger partial charge < -0.3 is 10.1 Å². The zero-order valence-corrected chi connectivity index (χ0v) is 14.0. The van der Waals surface area contributed by atoms with E-state index in [0.717, 1.165) is 24.5 Å². The SMILES string of the molecule is CC1CCCC(CCNC2CCOC3(CCCCC3)C2)C1. The van der Waals surface area contributed by atoms with E-state index < -0.39 is 0 Å². The van der Waals surface area contributed by atoms with Gasteiger partial charge in [0.15, 0.2) is 0 Å². The maximum atomic E-state index is 6.21.